The van der Waals surface area contributed by atoms with Crippen LogP contribution in [0.1, 0.15) is 23.2 Å². The molecule has 0 bridgehead atoms. The Morgan fingerprint density at radius 3 is 2.45 bits per heavy atom. The smallest absolute Gasteiger partial charge is 0.343 e. The number of carbonyl (C=O) groups is 1. The van der Waals surface area contributed by atoms with Crippen LogP contribution in [0.5, 0.6) is 17.2 Å². The van der Waals surface area contributed by atoms with Crippen LogP contribution in [0.4, 0.5) is 0 Å². The van der Waals surface area contributed by atoms with Crippen molar-refractivity contribution >= 4 is 66.8 Å². The largest absolute Gasteiger partial charge is 0.492 e. The van der Waals surface area contributed by atoms with Crippen LogP contribution < -0.4 is 13.1 Å². The van der Waals surface area contributed by atoms with E-state index in [-0.39, 0.29) is 17.1 Å². The standard InChI is InChI=1S/C11H10I2O5S2/c12-19-17-7-3-8(16-5-6-1-2-6)10(11(14)15)9(4-7)18-20-13/h3-4,6H,1-2,5H2,(H,14,15). The molecule has 1 saturated carbocycles. The molecule has 1 N–H and O–H groups in total. The fourth-order valence-corrected chi connectivity index (χ4v) is 3.14. The third kappa shape index (κ3) is 4.63. The predicted molar refractivity (Wildman–Crippen MR) is 96.1 cm³/mol. The maximum absolute atomic E-state index is 11.4. The van der Waals surface area contributed by atoms with E-state index in [0.717, 1.165) is 31.3 Å². The Labute approximate surface area is 149 Å². The highest BCUT2D eigenvalue weighted by atomic mass is 127. The maximum Gasteiger partial charge on any atom is 0.343 e. The van der Waals surface area contributed by atoms with Gasteiger partial charge in [0.25, 0.3) is 0 Å². The van der Waals surface area contributed by atoms with Crippen molar-refractivity contribution in [3.05, 3.63) is 17.7 Å². The van der Waals surface area contributed by atoms with Gasteiger partial charge in [-0.15, -0.1) is 0 Å². The number of hydrogen-bond acceptors (Lipinski definition) is 6. The molecular formula is C11H10I2O5S2. The van der Waals surface area contributed by atoms with Crippen LogP contribution in [-0.2, 0) is 0 Å². The molecule has 0 amide bonds. The molecule has 0 radical (unpaired) electrons. The molecule has 0 saturated heterocycles. The summed E-state index contributed by atoms with van der Waals surface area (Å²) in [5.41, 5.74) is 0.0284. The highest BCUT2D eigenvalue weighted by Crippen LogP contribution is 2.39. The van der Waals surface area contributed by atoms with E-state index in [9.17, 15) is 9.90 Å². The van der Waals surface area contributed by atoms with Crippen LogP contribution in [0, 0.1) is 5.92 Å². The van der Waals surface area contributed by atoms with Crippen LogP contribution in [0.2, 0.25) is 0 Å². The van der Waals surface area contributed by atoms with E-state index in [0.29, 0.717) is 18.3 Å². The van der Waals surface area contributed by atoms with E-state index in [4.69, 9.17) is 13.1 Å². The Kier molecular flexibility index (Phi) is 6.68. The molecule has 0 aromatic heterocycles. The van der Waals surface area contributed by atoms with Crippen LogP contribution in [0.25, 0.3) is 0 Å². The number of carboxylic acids is 1. The highest BCUT2D eigenvalue weighted by Gasteiger charge is 2.25. The van der Waals surface area contributed by atoms with Crippen molar-refractivity contribution in [2.75, 3.05) is 6.61 Å². The van der Waals surface area contributed by atoms with Gasteiger partial charge in [0.05, 0.1) is 6.61 Å². The van der Waals surface area contributed by atoms with Gasteiger partial charge in [-0.2, -0.15) is 0 Å². The predicted octanol–water partition coefficient (Wildman–Crippen LogP) is 4.93. The lowest BCUT2D eigenvalue weighted by Crippen LogP contribution is -2.07. The summed E-state index contributed by atoms with van der Waals surface area (Å²) < 4.78 is 16.3. The normalized spacial score (nSPS) is 13.9. The second-order valence-corrected chi connectivity index (χ2v) is 6.89. The summed E-state index contributed by atoms with van der Waals surface area (Å²) >= 11 is 3.92. The Morgan fingerprint density at radius 1 is 1.25 bits per heavy atom. The first kappa shape index (κ1) is 16.6. The zero-order valence-corrected chi connectivity index (χ0v) is 16.0. The minimum absolute atomic E-state index is 0.0284. The van der Waals surface area contributed by atoms with Crippen molar-refractivity contribution < 1.29 is 23.0 Å². The first-order valence-electron chi connectivity index (χ1n) is 5.60. The lowest BCUT2D eigenvalue weighted by Gasteiger charge is -2.13. The van der Waals surface area contributed by atoms with E-state index in [1.54, 1.807) is 12.1 Å². The number of benzene rings is 1. The quantitative estimate of drug-likeness (QED) is 0.371. The summed E-state index contributed by atoms with van der Waals surface area (Å²) in [7, 11) is 2.19. The first-order chi connectivity index (χ1) is 9.65. The van der Waals surface area contributed by atoms with Gasteiger partial charge in [0.15, 0.2) is 5.75 Å². The first-order valence-corrected chi connectivity index (χ1v) is 12.2. The molecule has 0 spiro atoms. The van der Waals surface area contributed by atoms with E-state index in [2.05, 4.69) is 0 Å². The Bertz CT molecular complexity index is 496. The minimum Gasteiger partial charge on any atom is -0.492 e. The van der Waals surface area contributed by atoms with Crippen LogP contribution >= 0.6 is 60.8 Å². The molecule has 2 rings (SSSR count). The van der Waals surface area contributed by atoms with Crippen molar-refractivity contribution in [2.45, 2.75) is 12.8 Å². The number of rotatable bonds is 8. The lowest BCUT2D eigenvalue weighted by atomic mass is 10.1. The molecule has 1 aliphatic carbocycles. The highest BCUT2D eigenvalue weighted by molar-refractivity contribution is 14.2. The molecule has 110 valence electrons. The summed E-state index contributed by atoms with van der Waals surface area (Å²) in [4.78, 5) is 11.4. The molecule has 0 aliphatic heterocycles. The summed E-state index contributed by atoms with van der Waals surface area (Å²) in [5.74, 6) is 0.465. The molecule has 1 aliphatic rings. The number of aromatic carboxylic acids is 1. The molecular weight excluding hydrogens is 530 g/mol. The Hall–Kier alpha value is 0.250. The molecule has 0 heterocycles. The number of hydrogen-bond donors (Lipinski definition) is 1. The molecule has 20 heavy (non-hydrogen) atoms. The van der Waals surface area contributed by atoms with Gasteiger partial charge in [0.1, 0.15) is 35.5 Å². The van der Waals surface area contributed by atoms with Crippen LogP contribution in [-0.4, -0.2) is 17.7 Å². The molecule has 9 heteroatoms. The van der Waals surface area contributed by atoms with Crippen molar-refractivity contribution in [2.24, 2.45) is 5.92 Å². The number of ether oxygens (including phenoxy) is 1. The fourth-order valence-electron chi connectivity index (χ4n) is 1.57. The lowest BCUT2D eigenvalue weighted by molar-refractivity contribution is 0.0690. The van der Waals surface area contributed by atoms with E-state index >= 15 is 0 Å². The van der Waals surface area contributed by atoms with Gasteiger partial charge in [-0.05, 0) is 18.8 Å². The summed E-state index contributed by atoms with van der Waals surface area (Å²) in [6.45, 7) is 0.526. The van der Waals surface area contributed by atoms with Crippen LogP contribution in [0.3, 0.4) is 0 Å². The topological polar surface area (TPSA) is 65.0 Å². The van der Waals surface area contributed by atoms with Gasteiger partial charge in [-0.1, -0.05) is 0 Å². The average molecular weight is 540 g/mol. The van der Waals surface area contributed by atoms with Crippen LogP contribution in [0.15, 0.2) is 12.1 Å². The van der Waals surface area contributed by atoms with Gasteiger partial charge in [-0.3, -0.25) is 0 Å². The van der Waals surface area contributed by atoms with E-state index in [1.807, 2.05) is 42.4 Å². The van der Waals surface area contributed by atoms with E-state index < -0.39 is 5.97 Å². The Morgan fingerprint density at radius 2 is 1.90 bits per heavy atom. The van der Waals surface area contributed by atoms with Gasteiger partial charge in [0.2, 0.25) is 0 Å². The van der Waals surface area contributed by atoms with E-state index in [1.165, 1.54) is 0 Å². The number of carboxylic acid groups (broad SMARTS) is 1. The van der Waals surface area contributed by atoms with Crippen molar-refractivity contribution in [1.29, 1.82) is 0 Å². The molecule has 0 atom stereocenters. The molecule has 1 aromatic carbocycles. The average Bonchev–Trinajstić information content (AvgIpc) is 3.20. The van der Waals surface area contributed by atoms with Gasteiger partial charge in [0, 0.05) is 54.5 Å². The molecule has 1 aromatic rings. The maximum atomic E-state index is 11.4. The minimum atomic E-state index is -1.08. The van der Waals surface area contributed by atoms with Crippen molar-refractivity contribution in [3.63, 3.8) is 0 Å². The third-order valence-electron chi connectivity index (χ3n) is 2.67. The second-order valence-electron chi connectivity index (χ2n) is 4.15. The van der Waals surface area contributed by atoms with Gasteiger partial charge < -0.3 is 18.2 Å². The monoisotopic (exact) mass is 540 g/mol. The van der Waals surface area contributed by atoms with Gasteiger partial charge in [-0.25, -0.2) is 4.79 Å². The summed E-state index contributed by atoms with van der Waals surface area (Å²) in [6, 6.07) is 3.13. The van der Waals surface area contributed by atoms with Gasteiger partial charge >= 0.3 is 5.97 Å². The molecule has 1 fully saturated rings. The SMILES string of the molecule is O=C(O)c1c(OCC2CC2)cc(OSI)cc1OSI. The third-order valence-corrected chi connectivity index (χ3v) is 4.25. The molecule has 5 nitrogen and oxygen atoms in total. The van der Waals surface area contributed by atoms with Crippen molar-refractivity contribution in [1.82, 2.24) is 0 Å². The fraction of sp³-hybridized carbons (Fsp3) is 0.364. The summed E-state index contributed by atoms with van der Waals surface area (Å²) in [6.07, 6.45) is 2.27. The number of halogens is 2. The van der Waals surface area contributed by atoms with Crippen molar-refractivity contribution in [3.8, 4) is 17.2 Å². The zero-order valence-electron chi connectivity index (χ0n) is 10.0. The second kappa shape index (κ2) is 8.03. The summed E-state index contributed by atoms with van der Waals surface area (Å²) in [5, 5.41) is 9.36. The molecule has 0 unspecified atom stereocenters. The zero-order chi connectivity index (χ0) is 14.5. The Balaban J connectivity index is 2.33.